The van der Waals surface area contributed by atoms with E-state index in [4.69, 9.17) is 9.88 Å². The molecule has 0 bridgehead atoms. The average molecular weight is 391 g/mol. The third-order valence-electron chi connectivity index (χ3n) is 4.32. The maximum absolute atomic E-state index is 12.1. The van der Waals surface area contributed by atoms with Crippen LogP contribution in [0.15, 0.2) is 47.4 Å². The van der Waals surface area contributed by atoms with Gasteiger partial charge in [0, 0.05) is 0 Å². The summed E-state index contributed by atoms with van der Waals surface area (Å²) in [6.07, 6.45) is 0. The van der Waals surface area contributed by atoms with Crippen LogP contribution in [-0.4, -0.2) is 20.9 Å². The first-order valence-corrected chi connectivity index (χ1v) is 10.3. The second kappa shape index (κ2) is 8.54. The highest BCUT2D eigenvalue weighted by atomic mass is 32.2. The van der Waals surface area contributed by atoms with Crippen LogP contribution in [0.25, 0.3) is 0 Å². The van der Waals surface area contributed by atoms with Gasteiger partial charge in [0.1, 0.15) is 5.75 Å². The van der Waals surface area contributed by atoms with Crippen molar-refractivity contribution in [3.63, 3.8) is 0 Å². The van der Waals surface area contributed by atoms with Crippen LogP contribution in [0.1, 0.15) is 49.4 Å². The lowest BCUT2D eigenvalue weighted by Crippen LogP contribution is -2.31. The summed E-state index contributed by atoms with van der Waals surface area (Å²) in [7, 11) is -3.73. The standard InChI is InChI=1S/C20H26N2O4S/c1-13(2)19-10-7-17(11-14(19)3)26-12-20(23)22-15(4)16-5-8-18(9-6-16)27(21,24)25/h5-11,13,15H,12H2,1-4H3,(H,22,23)(H2,21,24,25)/t15-/m0/s1. The minimum absolute atomic E-state index is 0.0355. The molecule has 0 fully saturated rings. The SMILES string of the molecule is Cc1cc(OCC(=O)N[C@@H](C)c2ccc(S(N)(=O)=O)cc2)ccc1C(C)C. The van der Waals surface area contributed by atoms with E-state index in [1.807, 2.05) is 32.0 Å². The molecular weight excluding hydrogens is 364 g/mol. The molecule has 2 aromatic carbocycles. The Balaban J connectivity index is 1.92. The normalized spacial score (nSPS) is 12.7. The van der Waals surface area contributed by atoms with Crippen LogP contribution in [0, 0.1) is 6.92 Å². The van der Waals surface area contributed by atoms with Crippen molar-refractivity contribution < 1.29 is 17.9 Å². The molecule has 6 nitrogen and oxygen atoms in total. The summed E-state index contributed by atoms with van der Waals surface area (Å²) in [5.41, 5.74) is 3.16. The number of primary sulfonamides is 1. The summed E-state index contributed by atoms with van der Waals surface area (Å²) in [4.78, 5) is 12.2. The number of rotatable bonds is 7. The molecular formula is C20H26N2O4S. The number of carbonyl (C=O) groups excluding carboxylic acids is 1. The lowest BCUT2D eigenvalue weighted by atomic mass is 9.98. The van der Waals surface area contributed by atoms with Gasteiger partial charge in [0.05, 0.1) is 10.9 Å². The van der Waals surface area contributed by atoms with E-state index in [1.54, 1.807) is 12.1 Å². The van der Waals surface area contributed by atoms with E-state index >= 15 is 0 Å². The molecule has 27 heavy (non-hydrogen) atoms. The second-order valence-electron chi connectivity index (χ2n) is 6.87. The Kier molecular flexibility index (Phi) is 6.62. The molecule has 0 aliphatic rings. The fourth-order valence-electron chi connectivity index (χ4n) is 2.85. The zero-order valence-electron chi connectivity index (χ0n) is 16.0. The first-order valence-electron chi connectivity index (χ1n) is 8.73. The lowest BCUT2D eigenvalue weighted by molar-refractivity contribution is -0.123. The number of amides is 1. The number of sulfonamides is 1. The minimum Gasteiger partial charge on any atom is -0.484 e. The molecule has 0 saturated heterocycles. The monoisotopic (exact) mass is 390 g/mol. The number of benzene rings is 2. The van der Waals surface area contributed by atoms with E-state index < -0.39 is 10.0 Å². The van der Waals surface area contributed by atoms with Crippen LogP contribution >= 0.6 is 0 Å². The van der Waals surface area contributed by atoms with Gasteiger partial charge in [-0.1, -0.05) is 32.0 Å². The molecule has 0 radical (unpaired) electrons. The van der Waals surface area contributed by atoms with Crippen LogP contribution in [0.3, 0.4) is 0 Å². The molecule has 1 atom stereocenters. The quantitative estimate of drug-likeness (QED) is 0.759. The summed E-state index contributed by atoms with van der Waals surface area (Å²) < 4.78 is 28.1. The molecule has 2 rings (SSSR count). The number of nitrogens with one attached hydrogen (secondary N) is 1. The molecule has 0 unspecified atom stereocenters. The predicted molar refractivity (Wildman–Crippen MR) is 105 cm³/mol. The number of hydrogen-bond acceptors (Lipinski definition) is 4. The highest BCUT2D eigenvalue weighted by molar-refractivity contribution is 7.89. The summed E-state index contributed by atoms with van der Waals surface area (Å²) >= 11 is 0. The third-order valence-corrected chi connectivity index (χ3v) is 5.25. The summed E-state index contributed by atoms with van der Waals surface area (Å²) in [5, 5.41) is 7.91. The first-order chi connectivity index (χ1) is 12.6. The predicted octanol–water partition coefficient (Wildman–Crippen LogP) is 3.02. The Morgan fingerprint density at radius 1 is 1.11 bits per heavy atom. The van der Waals surface area contributed by atoms with Gasteiger partial charge in [-0.05, 0) is 60.7 Å². The van der Waals surface area contributed by atoms with Gasteiger partial charge >= 0.3 is 0 Å². The van der Waals surface area contributed by atoms with Crippen molar-refractivity contribution in [1.29, 1.82) is 0 Å². The van der Waals surface area contributed by atoms with Crippen LogP contribution in [0.5, 0.6) is 5.75 Å². The van der Waals surface area contributed by atoms with Crippen molar-refractivity contribution in [2.45, 2.75) is 44.6 Å². The molecule has 0 saturated carbocycles. The van der Waals surface area contributed by atoms with Gasteiger partial charge in [0.15, 0.2) is 6.61 Å². The molecule has 3 N–H and O–H groups in total. The van der Waals surface area contributed by atoms with Crippen LogP contribution in [0.2, 0.25) is 0 Å². The number of carbonyl (C=O) groups is 1. The molecule has 2 aromatic rings. The Morgan fingerprint density at radius 2 is 1.74 bits per heavy atom. The van der Waals surface area contributed by atoms with Crippen molar-refractivity contribution in [2.24, 2.45) is 5.14 Å². The van der Waals surface area contributed by atoms with Gasteiger partial charge in [-0.3, -0.25) is 4.79 Å². The van der Waals surface area contributed by atoms with Crippen LogP contribution < -0.4 is 15.2 Å². The molecule has 0 spiro atoms. The largest absolute Gasteiger partial charge is 0.484 e. The maximum Gasteiger partial charge on any atom is 0.258 e. The highest BCUT2D eigenvalue weighted by Crippen LogP contribution is 2.23. The topological polar surface area (TPSA) is 98.5 Å². The summed E-state index contributed by atoms with van der Waals surface area (Å²) in [6.45, 7) is 8.00. The van der Waals surface area contributed by atoms with E-state index in [0.29, 0.717) is 11.7 Å². The van der Waals surface area contributed by atoms with Gasteiger partial charge in [-0.2, -0.15) is 0 Å². The smallest absolute Gasteiger partial charge is 0.258 e. The van der Waals surface area contributed by atoms with Gasteiger partial charge in [0.25, 0.3) is 5.91 Å². The zero-order chi connectivity index (χ0) is 20.2. The van der Waals surface area contributed by atoms with Gasteiger partial charge < -0.3 is 10.1 Å². The Bertz CT molecular complexity index is 906. The van der Waals surface area contributed by atoms with Crippen molar-refractivity contribution in [3.05, 3.63) is 59.2 Å². The molecule has 0 aliphatic heterocycles. The third kappa shape index (κ3) is 5.80. The molecule has 0 aromatic heterocycles. The van der Waals surface area contributed by atoms with Crippen molar-refractivity contribution in [3.8, 4) is 5.75 Å². The van der Waals surface area contributed by atoms with E-state index in [-0.39, 0.29) is 23.5 Å². The number of ether oxygens (including phenoxy) is 1. The molecule has 146 valence electrons. The van der Waals surface area contributed by atoms with E-state index in [1.165, 1.54) is 17.7 Å². The molecule has 7 heteroatoms. The van der Waals surface area contributed by atoms with Crippen LogP contribution in [-0.2, 0) is 14.8 Å². The van der Waals surface area contributed by atoms with Gasteiger partial charge in [0.2, 0.25) is 10.0 Å². The number of nitrogens with two attached hydrogens (primary N) is 1. The lowest BCUT2D eigenvalue weighted by Gasteiger charge is -2.16. The Hall–Kier alpha value is -2.38. The van der Waals surface area contributed by atoms with Crippen molar-refractivity contribution >= 4 is 15.9 Å². The average Bonchev–Trinajstić information content (AvgIpc) is 2.59. The van der Waals surface area contributed by atoms with E-state index in [2.05, 4.69) is 19.2 Å². The van der Waals surface area contributed by atoms with Crippen molar-refractivity contribution in [1.82, 2.24) is 5.32 Å². The fraction of sp³-hybridized carbons (Fsp3) is 0.350. The minimum atomic E-state index is -3.73. The fourth-order valence-corrected chi connectivity index (χ4v) is 3.36. The zero-order valence-corrected chi connectivity index (χ0v) is 16.8. The second-order valence-corrected chi connectivity index (χ2v) is 8.43. The summed E-state index contributed by atoms with van der Waals surface area (Å²) in [5.74, 6) is 0.824. The molecule has 0 aliphatic carbocycles. The summed E-state index contributed by atoms with van der Waals surface area (Å²) in [6, 6.07) is 11.6. The van der Waals surface area contributed by atoms with Crippen molar-refractivity contribution in [2.75, 3.05) is 6.61 Å². The first kappa shape index (κ1) is 20.9. The number of aryl methyl sites for hydroxylation is 1. The number of hydrogen-bond donors (Lipinski definition) is 2. The maximum atomic E-state index is 12.1. The highest BCUT2D eigenvalue weighted by Gasteiger charge is 2.13. The van der Waals surface area contributed by atoms with Gasteiger partial charge in [-0.15, -0.1) is 0 Å². The van der Waals surface area contributed by atoms with E-state index in [9.17, 15) is 13.2 Å². The van der Waals surface area contributed by atoms with Crippen LogP contribution in [0.4, 0.5) is 0 Å². The molecule has 1 amide bonds. The Morgan fingerprint density at radius 3 is 2.26 bits per heavy atom. The van der Waals surface area contributed by atoms with E-state index in [0.717, 1.165) is 11.1 Å². The molecule has 0 heterocycles. The Labute approximate surface area is 160 Å². The van der Waals surface area contributed by atoms with Gasteiger partial charge in [-0.25, -0.2) is 13.6 Å².